The topological polar surface area (TPSA) is 0 Å². The average Bonchev–Trinajstić information content (AvgIpc) is 2.29. The molecule has 0 saturated carbocycles. The van der Waals surface area contributed by atoms with Crippen LogP contribution in [0.1, 0.15) is 25.3 Å². The minimum atomic E-state index is -0.234. The van der Waals surface area contributed by atoms with Crippen molar-refractivity contribution >= 4 is 11.6 Å². The van der Waals surface area contributed by atoms with E-state index in [1.807, 2.05) is 6.07 Å². The molecule has 2 rings (SSSR count). The molecule has 0 atom stereocenters. The van der Waals surface area contributed by atoms with Crippen molar-refractivity contribution in [3.63, 3.8) is 0 Å². The molecule has 0 fully saturated rings. The monoisotopic (exact) mass is 247 g/mol. The number of hydrogen-bond acceptors (Lipinski definition) is 0. The van der Waals surface area contributed by atoms with Gasteiger partial charge in [-0.2, -0.15) is 0 Å². The molecular weight excluding hydrogens is 235 g/mol. The summed E-state index contributed by atoms with van der Waals surface area (Å²) < 4.78 is 12.9. The Balaban J connectivity index is 2.59. The van der Waals surface area contributed by atoms with Crippen LogP contribution in [0.4, 0.5) is 4.39 Å². The summed E-state index contributed by atoms with van der Waals surface area (Å²) >= 11 is 6.21. The van der Waals surface area contributed by atoms with Gasteiger partial charge in [0.25, 0.3) is 0 Å². The molecule has 2 aromatic carbocycles. The van der Waals surface area contributed by atoms with Crippen molar-refractivity contribution in [2.45, 2.75) is 19.8 Å². The highest BCUT2D eigenvalue weighted by Crippen LogP contribution is 2.34. The predicted octanol–water partition coefficient (Wildman–Crippen LogP) is 5.07. The van der Waals surface area contributed by atoms with Gasteiger partial charge in [-0.05, 0) is 46.9 Å². The molecule has 0 N–H and O–H groups in total. The van der Waals surface area contributed by atoms with E-state index in [2.05, 4.69) is 19.9 Å². The maximum absolute atomic E-state index is 12.9. The molecule has 0 nitrogen and oxygen atoms in total. The van der Waals surface area contributed by atoms with Gasteiger partial charge in [-0.3, -0.25) is 0 Å². The first-order chi connectivity index (χ1) is 8.09. The van der Waals surface area contributed by atoms with Gasteiger partial charge in [0.1, 0.15) is 5.82 Å². The van der Waals surface area contributed by atoms with Gasteiger partial charge in [0.15, 0.2) is 0 Å². The standard InChI is InChI=1S/C15H13ClF/c1-10(2)15-13(4-3-5-14(15)16)11-6-8-12(17)9-7-11/h3,5-10H,1-2H3. The molecule has 0 aliphatic carbocycles. The Labute approximate surface area is 106 Å². The van der Waals surface area contributed by atoms with E-state index in [4.69, 9.17) is 11.6 Å². The number of benzene rings is 2. The summed E-state index contributed by atoms with van der Waals surface area (Å²) in [6, 6.07) is 13.2. The Morgan fingerprint density at radius 2 is 1.76 bits per heavy atom. The van der Waals surface area contributed by atoms with E-state index in [1.54, 1.807) is 18.2 Å². The van der Waals surface area contributed by atoms with Gasteiger partial charge in [0.2, 0.25) is 0 Å². The van der Waals surface area contributed by atoms with Crippen LogP contribution in [0.15, 0.2) is 36.4 Å². The van der Waals surface area contributed by atoms with E-state index in [1.165, 1.54) is 12.1 Å². The maximum Gasteiger partial charge on any atom is 0.123 e. The normalized spacial score (nSPS) is 10.9. The SMILES string of the molecule is CC(C)c1c(-c2ccc(F)cc2)[c]ccc1Cl. The molecule has 0 saturated heterocycles. The zero-order chi connectivity index (χ0) is 12.4. The van der Waals surface area contributed by atoms with E-state index in [9.17, 15) is 4.39 Å². The number of rotatable bonds is 2. The van der Waals surface area contributed by atoms with Crippen molar-refractivity contribution in [3.05, 3.63) is 58.9 Å². The maximum atomic E-state index is 12.9. The van der Waals surface area contributed by atoms with Gasteiger partial charge in [-0.15, -0.1) is 0 Å². The van der Waals surface area contributed by atoms with Gasteiger partial charge >= 0.3 is 0 Å². The van der Waals surface area contributed by atoms with E-state index < -0.39 is 0 Å². The summed E-state index contributed by atoms with van der Waals surface area (Å²) in [5.74, 6) is 0.0712. The van der Waals surface area contributed by atoms with Crippen LogP contribution in [0.3, 0.4) is 0 Å². The van der Waals surface area contributed by atoms with Gasteiger partial charge in [0, 0.05) is 5.02 Å². The van der Waals surface area contributed by atoms with Crippen LogP contribution < -0.4 is 0 Å². The highest BCUT2D eigenvalue weighted by Gasteiger charge is 2.12. The molecule has 0 aliphatic rings. The lowest BCUT2D eigenvalue weighted by molar-refractivity contribution is 0.628. The molecule has 2 aromatic rings. The van der Waals surface area contributed by atoms with Crippen molar-refractivity contribution in [2.75, 3.05) is 0 Å². The van der Waals surface area contributed by atoms with E-state index in [0.717, 1.165) is 21.7 Å². The Hall–Kier alpha value is -1.34. The molecule has 87 valence electrons. The molecule has 0 aromatic heterocycles. The van der Waals surface area contributed by atoms with Gasteiger partial charge in [0.05, 0.1) is 0 Å². The van der Waals surface area contributed by atoms with Gasteiger partial charge in [-0.1, -0.05) is 43.6 Å². The van der Waals surface area contributed by atoms with Crippen LogP contribution in [0.5, 0.6) is 0 Å². The molecule has 0 bridgehead atoms. The fourth-order valence-corrected chi connectivity index (χ4v) is 2.28. The predicted molar refractivity (Wildman–Crippen MR) is 69.8 cm³/mol. The Morgan fingerprint density at radius 3 is 2.35 bits per heavy atom. The first kappa shape index (κ1) is 12.1. The average molecular weight is 248 g/mol. The summed E-state index contributed by atoms with van der Waals surface area (Å²) in [6.45, 7) is 4.17. The van der Waals surface area contributed by atoms with Crippen molar-refractivity contribution in [1.29, 1.82) is 0 Å². The first-order valence-electron chi connectivity index (χ1n) is 5.55. The summed E-state index contributed by atoms with van der Waals surface area (Å²) in [5, 5.41) is 0.734. The summed E-state index contributed by atoms with van der Waals surface area (Å²) in [5.41, 5.74) is 2.95. The van der Waals surface area contributed by atoms with Gasteiger partial charge in [-0.25, -0.2) is 4.39 Å². The lowest BCUT2D eigenvalue weighted by Crippen LogP contribution is -1.94. The first-order valence-corrected chi connectivity index (χ1v) is 5.93. The molecule has 0 unspecified atom stereocenters. The minimum Gasteiger partial charge on any atom is -0.207 e. The summed E-state index contributed by atoms with van der Waals surface area (Å²) in [7, 11) is 0. The van der Waals surface area contributed by atoms with E-state index in [-0.39, 0.29) is 5.82 Å². The third-order valence-corrected chi connectivity index (χ3v) is 3.02. The van der Waals surface area contributed by atoms with Crippen LogP contribution in [0.2, 0.25) is 5.02 Å². The number of halogens is 2. The van der Waals surface area contributed by atoms with Gasteiger partial charge < -0.3 is 0 Å². The number of hydrogen-bond donors (Lipinski definition) is 0. The van der Waals surface area contributed by atoms with E-state index in [0.29, 0.717) is 5.92 Å². The summed E-state index contributed by atoms with van der Waals surface area (Å²) in [6.07, 6.45) is 0. The quantitative estimate of drug-likeness (QED) is 0.695. The smallest absolute Gasteiger partial charge is 0.123 e. The fraction of sp³-hybridized carbons (Fsp3) is 0.200. The summed E-state index contributed by atoms with van der Waals surface area (Å²) in [4.78, 5) is 0. The second-order valence-corrected chi connectivity index (χ2v) is 4.68. The third-order valence-electron chi connectivity index (χ3n) is 2.69. The van der Waals surface area contributed by atoms with Crippen molar-refractivity contribution < 1.29 is 4.39 Å². The molecule has 1 radical (unpaired) electrons. The molecular formula is C15H13ClF. The third kappa shape index (κ3) is 2.50. The van der Waals surface area contributed by atoms with Crippen LogP contribution in [0, 0.1) is 11.9 Å². The minimum absolute atomic E-state index is 0.234. The van der Waals surface area contributed by atoms with Crippen molar-refractivity contribution in [1.82, 2.24) is 0 Å². The molecule has 0 aliphatic heterocycles. The van der Waals surface area contributed by atoms with Crippen LogP contribution >= 0.6 is 11.6 Å². The lowest BCUT2D eigenvalue weighted by Gasteiger charge is -2.14. The highest BCUT2D eigenvalue weighted by molar-refractivity contribution is 6.31. The molecule has 0 spiro atoms. The molecule has 0 heterocycles. The van der Waals surface area contributed by atoms with Crippen LogP contribution in [-0.4, -0.2) is 0 Å². The Kier molecular flexibility index (Phi) is 3.49. The zero-order valence-corrected chi connectivity index (χ0v) is 10.6. The molecule has 17 heavy (non-hydrogen) atoms. The zero-order valence-electron chi connectivity index (χ0n) is 9.80. The Morgan fingerprint density at radius 1 is 1.12 bits per heavy atom. The second kappa shape index (κ2) is 4.89. The molecule has 0 amide bonds. The Bertz CT molecular complexity index is 515. The van der Waals surface area contributed by atoms with Crippen LogP contribution in [0.25, 0.3) is 11.1 Å². The molecule has 2 heteroatoms. The van der Waals surface area contributed by atoms with Crippen molar-refractivity contribution in [2.24, 2.45) is 0 Å². The fourth-order valence-electron chi connectivity index (χ4n) is 1.90. The largest absolute Gasteiger partial charge is 0.207 e. The highest BCUT2D eigenvalue weighted by atomic mass is 35.5. The van der Waals surface area contributed by atoms with Crippen LogP contribution in [-0.2, 0) is 0 Å². The van der Waals surface area contributed by atoms with Crippen molar-refractivity contribution in [3.8, 4) is 11.1 Å². The second-order valence-electron chi connectivity index (χ2n) is 4.28. The van der Waals surface area contributed by atoms with E-state index >= 15 is 0 Å². The lowest BCUT2D eigenvalue weighted by atomic mass is 9.92.